The van der Waals surface area contributed by atoms with Gasteiger partial charge in [-0.25, -0.2) is 14.2 Å². The van der Waals surface area contributed by atoms with Gasteiger partial charge in [0.15, 0.2) is 0 Å². The zero-order valence-corrected chi connectivity index (χ0v) is 9.31. The van der Waals surface area contributed by atoms with Crippen LogP contribution < -0.4 is 11.4 Å². The predicted octanol–water partition coefficient (Wildman–Crippen LogP) is 0.405. The fourth-order valence-corrected chi connectivity index (χ4v) is 1.25. The monoisotopic (exact) mass is 246 g/mol. The number of anilines is 1. The largest absolute Gasteiger partial charge is 0.444 e. The first-order valence-corrected chi connectivity index (χ1v) is 5.08. The van der Waals surface area contributed by atoms with E-state index in [0.717, 1.165) is 10.1 Å². The number of rotatable bonds is 2. The van der Waals surface area contributed by atoms with Crippen LogP contribution in [-0.4, -0.2) is 20.6 Å². The molecule has 92 valence electrons. The summed E-state index contributed by atoms with van der Waals surface area (Å²) in [4.78, 5) is 30.2. The summed E-state index contributed by atoms with van der Waals surface area (Å²) in [5.41, 5.74) is 5.26. The molecule has 2 aromatic rings. The number of aromatic nitrogens is 3. The summed E-state index contributed by atoms with van der Waals surface area (Å²) < 4.78 is 5.68. The molecule has 0 bridgehead atoms. The van der Waals surface area contributed by atoms with Crippen LogP contribution in [0.5, 0.6) is 0 Å². The molecule has 0 unspecified atom stereocenters. The molecular weight excluding hydrogens is 236 g/mol. The van der Waals surface area contributed by atoms with Gasteiger partial charge in [0.05, 0.1) is 0 Å². The van der Waals surface area contributed by atoms with E-state index in [1.54, 1.807) is 24.5 Å². The number of pyridine rings is 1. The zero-order chi connectivity index (χ0) is 13.0. The number of carbonyl (C=O) groups is 1. The SMILES string of the molecule is Nc1ccn(C(=O)OCc2cccnc2)c(=O)n1. The summed E-state index contributed by atoms with van der Waals surface area (Å²) in [7, 11) is 0. The normalized spacial score (nSPS) is 10.0. The molecule has 7 nitrogen and oxygen atoms in total. The van der Waals surface area contributed by atoms with Crippen molar-refractivity contribution in [2.24, 2.45) is 0 Å². The van der Waals surface area contributed by atoms with E-state index in [-0.39, 0.29) is 12.4 Å². The summed E-state index contributed by atoms with van der Waals surface area (Å²) in [5.74, 6) is 0.0521. The quantitative estimate of drug-likeness (QED) is 0.823. The van der Waals surface area contributed by atoms with Gasteiger partial charge in [-0.2, -0.15) is 4.98 Å². The Bertz CT molecular complexity index is 609. The van der Waals surface area contributed by atoms with Gasteiger partial charge in [0.25, 0.3) is 0 Å². The van der Waals surface area contributed by atoms with E-state index in [4.69, 9.17) is 10.5 Å². The van der Waals surface area contributed by atoms with Crippen molar-refractivity contribution >= 4 is 11.9 Å². The number of ether oxygens (including phenoxy) is 1. The average molecular weight is 246 g/mol. The van der Waals surface area contributed by atoms with Gasteiger partial charge in [0.2, 0.25) is 0 Å². The Balaban J connectivity index is 2.06. The molecule has 0 aromatic carbocycles. The number of hydrogen-bond acceptors (Lipinski definition) is 6. The lowest BCUT2D eigenvalue weighted by molar-refractivity contribution is 0.140. The Morgan fingerprint density at radius 2 is 2.28 bits per heavy atom. The fraction of sp³-hybridized carbons (Fsp3) is 0.0909. The van der Waals surface area contributed by atoms with Crippen molar-refractivity contribution in [3.63, 3.8) is 0 Å². The van der Waals surface area contributed by atoms with Gasteiger partial charge in [-0.15, -0.1) is 0 Å². The van der Waals surface area contributed by atoms with Crippen LogP contribution in [0, 0.1) is 0 Å². The molecule has 0 atom stereocenters. The molecule has 0 amide bonds. The minimum absolute atomic E-state index is 0.0312. The van der Waals surface area contributed by atoms with Crippen molar-refractivity contribution in [2.75, 3.05) is 5.73 Å². The predicted molar refractivity (Wildman–Crippen MR) is 62.7 cm³/mol. The van der Waals surface area contributed by atoms with E-state index in [9.17, 15) is 9.59 Å². The Hall–Kier alpha value is -2.70. The molecule has 2 rings (SSSR count). The van der Waals surface area contributed by atoms with Crippen molar-refractivity contribution in [3.05, 3.63) is 52.8 Å². The van der Waals surface area contributed by atoms with E-state index < -0.39 is 11.8 Å². The molecule has 0 spiro atoms. The highest BCUT2D eigenvalue weighted by atomic mass is 16.5. The first kappa shape index (κ1) is 11.8. The maximum Gasteiger partial charge on any atom is 0.422 e. The molecule has 7 heteroatoms. The van der Waals surface area contributed by atoms with Crippen LogP contribution in [0.1, 0.15) is 5.56 Å². The van der Waals surface area contributed by atoms with Crippen LogP contribution >= 0.6 is 0 Å². The van der Waals surface area contributed by atoms with Crippen molar-refractivity contribution in [1.82, 2.24) is 14.5 Å². The molecule has 2 N–H and O–H groups in total. The van der Waals surface area contributed by atoms with Crippen molar-refractivity contribution in [2.45, 2.75) is 6.61 Å². The van der Waals surface area contributed by atoms with Gasteiger partial charge in [-0.05, 0) is 12.1 Å². The number of hydrogen-bond donors (Lipinski definition) is 1. The van der Waals surface area contributed by atoms with Gasteiger partial charge < -0.3 is 10.5 Å². The number of carbonyl (C=O) groups excluding carboxylic acids is 1. The fourth-order valence-electron chi connectivity index (χ4n) is 1.25. The summed E-state index contributed by atoms with van der Waals surface area (Å²) in [5, 5.41) is 0. The van der Waals surface area contributed by atoms with E-state index in [2.05, 4.69) is 9.97 Å². The highest BCUT2D eigenvalue weighted by Gasteiger charge is 2.09. The standard InChI is InChI=1S/C11H10N4O3/c12-9-3-5-15(10(16)14-9)11(17)18-7-8-2-1-4-13-6-8/h1-6H,7H2,(H2,12,14,16). The highest BCUT2D eigenvalue weighted by Crippen LogP contribution is 1.99. The third-order valence-electron chi connectivity index (χ3n) is 2.11. The first-order chi connectivity index (χ1) is 8.66. The van der Waals surface area contributed by atoms with Crippen LogP contribution in [0.15, 0.2) is 41.6 Å². The Kier molecular flexibility index (Phi) is 3.33. The Morgan fingerprint density at radius 3 is 2.94 bits per heavy atom. The average Bonchev–Trinajstić information content (AvgIpc) is 2.37. The van der Waals surface area contributed by atoms with Crippen LogP contribution in [0.4, 0.5) is 10.6 Å². The molecule has 0 saturated heterocycles. The zero-order valence-electron chi connectivity index (χ0n) is 9.31. The lowest BCUT2D eigenvalue weighted by Crippen LogP contribution is -2.29. The molecule has 2 heterocycles. The second kappa shape index (κ2) is 5.09. The molecular formula is C11H10N4O3. The third kappa shape index (κ3) is 2.70. The minimum atomic E-state index is -0.809. The molecule has 18 heavy (non-hydrogen) atoms. The Labute approximate surface area is 102 Å². The molecule has 0 aliphatic carbocycles. The van der Waals surface area contributed by atoms with Gasteiger partial charge in [0, 0.05) is 24.2 Å². The summed E-state index contributed by atoms with van der Waals surface area (Å²) in [6, 6.07) is 4.82. The van der Waals surface area contributed by atoms with Gasteiger partial charge in [-0.1, -0.05) is 6.07 Å². The second-order valence-corrected chi connectivity index (χ2v) is 3.42. The second-order valence-electron chi connectivity index (χ2n) is 3.42. The number of nitrogens with zero attached hydrogens (tertiary/aromatic N) is 3. The number of nitrogen functional groups attached to an aromatic ring is 1. The van der Waals surface area contributed by atoms with E-state index in [1.165, 1.54) is 12.3 Å². The van der Waals surface area contributed by atoms with Crippen LogP contribution in [0.2, 0.25) is 0 Å². The molecule has 2 aromatic heterocycles. The minimum Gasteiger partial charge on any atom is -0.444 e. The third-order valence-corrected chi connectivity index (χ3v) is 2.11. The van der Waals surface area contributed by atoms with Gasteiger partial charge >= 0.3 is 11.8 Å². The molecule has 0 aliphatic heterocycles. The maximum atomic E-state index is 11.6. The molecule has 0 aliphatic rings. The smallest absolute Gasteiger partial charge is 0.422 e. The summed E-state index contributed by atoms with van der Waals surface area (Å²) in [6.07, 6.45) is 3.59. The first-order valence-electron chi connectivity index (χ1n) is 5.08. The Morgan fingerprint density at radius 1 is 1.44 bits per heavy atom. The topological polar surface area (TPSA) is 100 Å². The van der Waals surface area contributed by atoms with E-state index >= 15 is 0 Å². The maximum absolute atomic E-state index is 11.6. The van der Waals surface area contributed by atoms with Crippen molar-refractivity contribution < 1.29 is 9.53 Å². The number of nitrogens with two attached hydrogens (primary N) is 1. The lowest BCUT2D eigenvalue weighted by atomic mass is 10.3. The van der Waals surface area contributed by atoms with Crippen molar-refractivity contribution in [1.29, 1.82) is 0 Å². The summed E-state index contributed by atoms with van der Waals surface area (Å²) in [6.45, 7) is 0.0312. The van der Waals surface area contributed by atoms with Gasteiger partial charge in [-0.3, -0.25) is 4.98 Å². The van der Waals surface area contributed by atoms with Crippen LogP contribution in [0.25, 0.3) is 0 Å². The van der Waals surface area contributed by atoms with Gasteiger partial charge in [0.1, 0.15) is 12.4 Å². The van der Waals surface area contributed by atoms with Crippen LogP contribution in [0.3, 0.4) is 0 Å². The molecule has 0 saturated carbocycles. The van der Waals surface area contributed by atoms with Crippen LogP contribution in [-0.2, 0) is 11.3 Å². The highest BCUT2D eigenvalue weighted by molar-refractivity contribution is 5.70. The molecule has 0 radical (unpaired) electrons. The lowest BCUT2D eigenvalue weighted by Gasteiger charge is -2.05. The van der Waals surface area contributed by atoms with E-state index in [0.29, 0.717) is 0 Å². The van der Waals surface area contributed by atoms with E-state index in [1.807, 2.05) is 0 Å². The van der Waals surface area contributed by atoms with Crippen molar-refractivity contribution in [3.8, 4) is 0 Å². The molecule has 0 fully saturated rings. The summed E-state index contributed by atoms with van der Waals surface area (Å²) >= 11 is 0.